The van der Waals surface area contributed by atoms with Gasteiger partial charge in [-0.25, -0.2) is 0 Å². The van der Waals surface area contributed by atoms with E-state index in [2.05, 4.69) is 0 Å². The fraction of sp³-hybridized carbons (Fsp3) is 0.0476. The Hall–Kier alpha value is -3.04. The number of benzene rings is 3. The Morgan fingerprint density at radius 1 is 0.750 bits per heavy atom. The molecule has 1 aliphatic rings. The van der Waals surface area contributed by atoms with Gasteiger partial charge in [-0.2, -0.15) is 0 Å². The van der Waals surface area contributed by atoms with E-state index in [9.17, 15) is 5.11 Å². The van der Waals surface area contributed by atoms with Gasteiger partial charge in [0.1, 0.15) is 22.7 Å². The summed E-state index contributed by atoms with van der Waals surface area (Å²) in [4.78, 5) is 0. The van der Waals surface area contributed by atoms with Gasteiger partial charge in [0.25, 0.3) is 0 Å². The summed E-state index contributed by atoms with van der Waals surface area (Å²) in [7, 11) is 0. The Labute approximate surface area is 138 Å². The van der Waals surface area contributed by atoms with Gasteiger partial charge < -0.3 is 14.3 Å². The molecule has 4 aromatic rings. The average Bonchev–Trinajstić information content (AvgIpc) is 3.10. The molecule has 0 bridgehead atoms. The van der Waals surface area contributed by atoms with Gasteiger partial charge in [-0.3, -0.25) is 0 Å². The number of hydrogen-bond donors (Lipinski definition) is 1. The lowest BCUT2D eigenvalue weighted by atomic mass is 9.78. The monoisotopic (exact) mass is 314 g/mol. The van der Waals surface area contributed by atoms with Crippen molar-refractivity contribution in [3.63, 3.8) is 0 Å². The summed E-state index contributed by atoms with van der Waals surface area (Å²) < 4.78 is 11.4. The molecule has 24 heavy (non-hydrogen) atoms. The lowest BCUT2D eigenvalue weighted by Gasteiger charge is -2.36. The highest BCUT2D eigenvalue weighted by molar-refractivity contribution is 5.79. The minimum absolute atomic E-state index is 0.672. The number of rotatable bonds is 1. The maximum atomic E-state index is 11.8. The summed E-state index contributed by atoms with van der Waals surface area (Å²) in [5.74, 6) is 1.34. The molecule has 5 rings (SSSR count). The van der Waals surface area contributed by atoms with Crippen LogP contribution in [0.15, 0.2) is 83.5 Å². The number of ether oxygens (including phenoxy) is 1. The number of furan rings is 1. The molecule has 0 spiro atoms. The molecule has 3 nitrogen and oxygen atoms in total. The van der Waals surface area contributed by atoms with Crippen molar-refractivity contribution >= 4 is 11.0 Å². The molecule has 2 heterocycles. The lowest BCUT2D eigenvalue weighted by molar-refractivity contribution is 0.113. The van der Waals surface area contributed by atoms with Crippen LogP contribution in [-0.2, 0) is 5.60 Å². The number of aliphatic hydroxyl groups is 1. The predicted octanol–water partition coefficient (Wildman–Crippen LogP) is 4.82. The zero-order valence-corrected chi connectivity index (χ0v) is 12.8. The van der Waals surface area contributed by atoms with Crippen LogP contribution >= 0.6 is 0 Å². The van der Waals surface area contributed by atoms with Gasteiger partial charge >= 0.3 is 0 Å². The predicted molar refractivity (Wildman–Crippen MR) is 91.3 cm³/mol. The van der Waals surface area contributed by atoms with Crippen molar-refractivity contribution in [3.8, 4) is 11.5 Å². The molecule has 0 saturated heterocycles. The van der Waals surface area contributed by atoms with Gasteiger partial charge in [0, 0.05) is 16.5 Å². The van der Waals surface area contributed by atoms with Crippen LogP contribution in [0.4, 0.5) is 0 Å². The number of para-hydroxylation sites is 2. The van der Waals surface area contributed by atoms with E-state index >= 15 is 0 Å². The van der Waals surface area contributed by atoms with Crippen molar-refractivity contribution < 1.29 is 14.3 Å². The van der Waals surface area contributed by atoms with Crippen molar-refractivity contribution in [2.75, 3.05) is 0 Å². The highest BCUT2D eigenvalue weighted by Gasteiger charge is 2.41. The van der Waals surface area contributed by atoms with E-state index in [-0.39, 0.29) is 0 Å². The van der Waals surface area contributed by atoms with Crippen LogP contribution in [0.5, 0.6) is 11.5 Å². The van der Waals surface area contributed by atoms with Crippen molar-refractivity contribution in [1.82, 2.24) is 0 Å². The summed E-state index contributed by atoms with van der Waals surface area (Å²) in [5.41, 5.74) is 1.81. The molecule has 0 saturated carbocycles. The zero-order valence-electron chi connectivity index (χ0n) is 12.8. The van der Waals surface area contributed by atoms with Gasteiger partial charge in [-0.15, -0.1) is 0 Å². The Morgan fingerprint density at radius 3 is 2.12 bits per heavy atom. The van der Waals surface area contributed by atoms with Crippen LogP contribution in [0, 0.1) is 0 Å². The van der Waals surface area contributed by atoms with E-state index in [1.807, 2.05) is 72.8 Å². The van der Waals surface area contributed by atoms with Gasteiger partial charge in [-0.1, -0.05) is 42.5 Å². The summed E-state index contributed by atoms with van der Waals surface area (Å²) in [6.07, 6.45) is 1.66. The first kappa shape index (κ1) is 13.4. The third-order valence-corrected chi connectivity index (χ3v) is 4.64. The molecule has 1 aromatic heterocycles. The third kappa shape index (κ3) is 1.70. The van der Waals surface area contributed by atoms with Crippen LogP contribution < -0.4 is 4.74 Å². The maximum Gasteiger partial charge on any atom is 0.147 e. The molecule has 0 atom stereocenters. The van der Waals surface area contributed by atoms with Crippen LogP contribution in [0.3, 0.4) is 0 Å². The molecule has 0 fully saturated rings. The Kier molecular flexibility index (Phi) is 2.64. The first-order valence-electron chi connectivity index (χ1n) is 7.84. The number of hydrogen-bond acceptors (Lipinski definition) is 3. The zero-order chi connectivity index (χ0) is 16.1. The summed E-state index contributed by atoms with van der Waals surface area (Å²) in [6, 6.07) is 22.9. The normalized spacial score (nSPS) is 14.7. The van der Waals surface area contributed by atoms with Crippen LogP contribution in [0.1, 0.15) is 16.7 Å². The second-order valence-corrected chi connectivity index (χ2v) is 5.98. The molecule has 0 radical (unpaired) electrons. The van der Waals surface area contributed by atoms with Gasteiger partial charge in [0.15, 0.2) is 0 Å². The molecule has 3 heteroatoms. The van der Waals surface area contributed by atoms with Crippen molar-refractivity contribution in [2.45, 2.75) is 5.60 Å². The van der Waals surface area contributed by atoms with Gasteiger partial charge in [0.2, 0.25) is 0 Å². The topological polar surface area (TPSA) is 42.6 Å². The summed E-state index contributed by atoms with van der Waals surface area (Å²) >= 11 is 0. The maximum absolute atomic E-state index is 11.8. The summed E-state index contributed by atoms with van der Waals surface area (Å²) in [5, 5.41) is 12.8. The van der Waals surface area contributed by atoms with E-state index < -0.39 is 5.60 Å². The minimum atomic E-state index is -1.27. The fourth-order valence-electron chi connectivity index (χ4n) is 3.48. The second-order valence-electron chi connectivity index (χ2n) is 5.98. The van der Waals surface area contributed by atoms with Gasteiger partial charge in [-0.05, 0) is 35.9 Å². The van der Waals surface area contributed by atoms with Crippen molar-refractivity contribution in [1.29, 1.82) is 0 Å². The highest BCUT2D eigenvalue weighted by Crippen LogP contribution is 2.50. The van der Waals surface area contributed by atoms with Crippen molar-refractivity contribution in [3.05, 3.63) is 95.7 Å². The largest absolute Gasteiger partial charge is 0.464 e. The Morgan fingerprint density at radius 2 is 1.42 bits per heavy atom. The van der Waals surface area contributed by atoms with Gasteiger partial charge in [0.05, 0.1) is 6.26 Å². The smallest absolute Gasteiger partial charge is 0.147 e. The van der Waals surface area contributed by atoms with E-state index in [0.29, 0.717) is 11.5 Å². The first-order chi connectivity index (χ1) is 11.8. The standard InChI is InChI=1S/C21H14O3/c22-21(15-9-10-18-14(13-15)11-12-23-18)16-5-1-3-7-19(16)24-20-8-4-2-6-17(20)21/h1-13,22H. The molecule has 1 aliphatic heterocycles. The van der Waals surface area contributed by atoms with Crippen LogP contribution in [0.2, 0.25) is 0 Å². The van der Waals surface area contributed by atoms with E-state index in [4.69, 9.17) is 9.15 Å². The van der Waals surface area contributed by atoms with E-state index in [1.54, 1.807) is 6.26 Å². The average molecular weight is 314 g/mol. The van der Waals surface area contributed by atoms with Crippen molar-refractivity contribution in [2.24, 2.45) is 0 Å². The summed E-state index contributed by atoms with van der Waals surface area (Å²) in [6.45, 7) is 0. The SMILES string of the molecule is OC1(c2ccc3occc3c2)c2ccccc2Oc2ccccc21. The lowest BCUT2D eigenvalue weighted by Crippen LogP contribution is -2.32. The molecular weight excluding hydrogens is 300 g/mol. The first-order valence-corrected chi connectivity index (χ1v) is 7.84. The number of fused-ring (bicyclic) bond motifs is 3. The fourth-order valence-corrected chi connectivity index (χ4v) is 3.48. The molecular formula is C21H14O3. The molecule has 3 aromatic carbocycles. The molecule has 116 valence electrons. The quantitative estimate of drug-likeness (QED) is 0.547. The van der Waals surface area contributed by atoms with E-state index in [0.717, 1.165) is 27.7 Å². The van der Waals surface area contributed by atoms with E-state index in [1.165, 1.54) is 0 Å². The van der Waals surface area contributed by atoms with Crippen LogP contribution in [0.25, 0.3) is 11.0 Å². The Balaban J connectivity index is 1.85. The minimum Gasteiger partial charge on any atom is -0.464 e. The molecule has 0 unspecified atom stereocenters. The Bertz CT molecular complexity index is 1020. The van der Waals surface area contributed by atoms with Crippen LogP contribution in [-0.4, -0.2) is 5.11 Å². The molecule has 1 N–H and O–H groups in total. The molecule has 0 amide bonds. The molecule has 0 aliphatic carbocycles. The third-order valence-electron chi connectivity index (χ3n) is 4.64. The highest BCUT2D eigenvalue weighted by atomic mass is 16.5. The second kappa shape index (κ2) is 4.73.